The standard InChI is InChI=1S/C9H9F3OS/c1-6-4-7(13)2-3-8(6)14-5-9(10,11)12/h2-4,13H,5H2,1H3. The van der Waals surface area contributed by atoms with Crippen LogP contribution in [0.5, 0.6) is 5.75 Å². The molecule has 0 spiro atoms. The van der Waals surface area contributed by atoms with Crippen molar-refractivity contribution in [3.63, 3.8) is 0 Å². The first-order valence-electron chi connectivity index (χ1n) is 3.87. The van der Waals surface area contributed by atoms with E-state index in [0.717, 1.165) is 11.8 Å². The molecule has 1 rings (SSSR count). The third kappa shape index (κ3) is 3.49. The Labute approximate surface area is 83.9 Å². The molecule has 0 amide bonds. The minimum absolute atomic E-state index is 0.0684. The van der Waals surface area contributed by atoms with E-state index in [1.165, 1.54) is 18.2 Å². The van der Waals surface area contributed by atoms with Crippen molar-refractivity contribution in [3.8, 4) is 5.75 Å². The molecular weight excluding hydrogens is 213 g/mol. The number of alkyl halides is 3. The van der Waals surface area contributed by atoms with Gasteiger partial charge in [-0.15, -0.1) is 11.8 Å². The average Bonchev–Trinajstić information content (AvgIpc) is 2.00. The van der Waals surface area contributed by atoms with Crippen LogP contribution in [-0.4, -0.2) is 17.0 Å². The molecule has 0 bridgehead atoms. The van der Waals surface area contributed by atoms with E-state index >= 15 is 0 Å². The molecule has 78 valence electrons. The quantitative estimate of drug-likeness (QED) is 0.774. The van der Waals surface area contributed by atoms with Crippen molar-refractivity contribution in [2.75, 3.05) is 5.75 Å². The van der Waals surface area contributed by atoms with Gasteiger partial charge in [-0.3, -0.25) is 0 Å². The Morgan fingerprint density at radius 1 is 1.36 bits per heavy atom. The summed E-state index contributed by atoms with van der Waals surface area (Å²) in [5, 5.41) is 9.03. The normalized spacial score (nSPS) is 11.7. The average molecular weight is 222 g/mol. The van der Waals surface area contributed by atoms with Crippen LogP contribution in [0.1, 0.15) is 5.56 Å². The lowest BCUT2D eigenvalue weighted by Crippen LogP contribution is -2.10. The second kappa shape index (κ2) is 4.13. The van der Waals surface area contributed by atoms with Crippen molar-refractivity contribution < 1.29 is 18.3 Å². The van der Waals surface area contributed by atoms with Gasteiger partial charge in [0, 0.05) is 4.90 Å². The number of halogens is 3. The van der Waals surface area contributed by atoms with Crippen molar-refractivity contribution in [3.05, 3.63) is 23.8 Å². The number of hydrogen-bond acceptors (Lipinski definition) is 2. The Balaban J connectivity index is 2.68. The lowest BCUT2D eigenvalue weighted by atomic mass is 10.2. The maximum absolute atomic E-state index is 11.9. The maximum Gasteiger partial charge on any atom is 0.398 e. The number of thioether (sulfide) groups is 1. The van der Waals surface area contributed by atoms with Crippen LogP contribution in [0.15, 0.2) is 23.1 Å². The number of aryl methyl sites for hydroxylation is 1. The van der Waals surface area contributed by atoms with Crippen LogP contribution in [0.2, 0.25) is 0 Å². The van der Waals surface area contributed by atoms with Crippen LogP contribution in [0.3, 0.4) is 0 Å². The van der Waals surface area contributed by atoms with Gasteiger partial charge in [0.2, 0.25) is 0 Å². The van der Waals surface area contributed by atoms with Crippen LogP contribution >= 0.6 is 11.8 Å². The first kappa shape index (κ1) is 11.2. The van der Waals surface area contributed by atoms with Gasteiger partial charge in [-0.1, -0.05) is 0 Å². The predicted octanol–water partition coefficient (Wildman–Crippen LogP) is 3.36. The van der Waals surface area contributed by atoms with E-state index in [2.05, 4.69) is 0 Å². The van der Waals surface area contributed by atoms with Crippen LogP contribution in [0.25, 0.3) is 0 Å². The van der Waals surface area contributed by atoms with Crippen LogP contribution in [-0.2, 0) is 0 Å². The second-order valence-corrected chi connectivity index (χ2v) is 3.87. The fraction of sp³-hybridized carbons (Fsp3) is 0.333. The molecule has 1 N–H and O–H groups in total. The molecule has 1 nitrogen and oxygen atoms in total. The lowest BCUT2D eigenvalue weighted by molar-refractivity contribution is -0.105. The van der Waals surface area contributed by atoms with Crippen LogP contribution in [0.4, 0.5) is 13.2 Å². The third-order valence-electron chi connectivity index (χ3n) is 1.55. The molecule has 0 heterocycles. The summed E-state index contributed by atoms with van der Waals surface area (Å²) >= 11 is 0.727. The van der Waals surface area contributed by atoms with E-state index in [1.54, 1.807) is 6.92 Å². The third-order valence-corrected chi connectivity index (χ3v) is 2.79. The topological polar surface area (TPSA) is 20.2 Å². The van der Waals surface area contributed by atoms with E-state index < -0.39 is 11.9 Å². The molecule has 0 aromatic heterocycles. The fourth-order valence-corrected chi connectivity index (χ4v) is 1.73. The Hall–Kier alpha value is -0.840. The Morgan fingerprint density at radius 3 is 2.50 bits per heavy atom. The number of rotatable bonds is 2. The van der Waals surface area contributed by atoms with Crippen LogP contribution in [0, 0.1) is 6.92 Å². The van der Waals surface area contributed by atoms with Gasteiger partial charge in [-0.2, -0.15) is 13.2 Å². The Kier molecular flexibility index (Phi) is 3.31. The molecule has 0 saturated heterocycles. The molecular formula is C9H9F3OS. The highest BCUT2D eigenvalue weighted by Crippen LogP contribution is 2.30. The Morgan fingerprint density at radius 2 is 2.00 bits per heavy atom. The zero-order chi connectivity index (χ0) is 10.8. The van der Waals surface area contributed by atoms with Crippen molar-refractivity contribution >= 4 is 11.8 Å². The van der Waals surface area contributed by atoms with Gasteiger partial charge in [0.05, 0.1) is 5.75 Å². The predicted molar refractivity (Wildman–Crippen MR) is 49.6 cm³/mol. The molecule has 0 unspecified atom stereocenters. The molecule has 0 atom stereocenters. The fourth-order valence-electron chi connectivity index (χ4n) is 0.955. The Bertz CT molecular complexity index is 322. The van der Waals surface area contributed by atoms with Gasteiger partial charge in [0.15, 0.2) is 0 Å². The van der Waals surface area contributed by atoms with E-state index in [4.69, 9.17) is 5.11 Å². The molecule has 0 aliphatic rings. The van der Waals surface area contributed by atoms with E-state index in [1.807, 2.05) is 0 Å². The van der Waals surface area contributed by atoms with Crippen molar-refractivity contribution in [2.45, 2.75) is 18.0 Å². The first-order chi connectivity index (χ1) is 6.38. The van der Waals surface area contributed by atoms with Gasteiger partial charge in [-0.25, -0.2) is 0 Å². The number of aromatic hydroxyl groups is 1. The summed E-state index contributed by atoms with van der Waals surface area (Å²) in [5.74, 6) is -0.836. The number of benzene rings is 1. The maximum atomic E-state index is 11.9. The number of hydrogen-bond donors (Lipinski definition) is 1. The minimum atomic E-state index is -4.16. The van der Waals surface area contributed by atoms with E-state index in [0.29, 0.717) is 10.5 Å². The molecule has 1 aromatic rings. The molecule has 0 saturated carbocycles. The van der Waals surface area contributed by atoms with Crippen molar-refractivity contribution in [2.24, 2.45) is 0 Å². The molecule has 5 heteroatoms. The molecule has 0 aliphatic carbocycles. The summed E-state index contributed by atoms with van der Waals surface area (Å²) < 4.78 is 35.6. The molecule has 1 aromatic carbocycles. The monoisotopic (exact) mass is 222 g/mol. The minimum Gasteiger partial charge on any atom is -0.508 e. The van der Waals surface area contributed by atoms with E-state index in [-0.39, 0.29) is 5.75 Å². The summed E-state index contributed by atoms with van der Waals surface area (Å²) in [4.78, 5) is 0.542. The molecule has 0 radical (unpaired) electrons. The molecule has 0 aliphatic heterocycles. The van der Waals surface area contributed by atoms with Gasteiger partial charge < -0.3 is 5.11 Å². The summed E-state index contributed by atoms with van der Waals surface area (Å²) in [6, 6.07) is 4.31. The summed E-state index contributed by atoms with van der Waals surface area (Å²) in [6.45, 7) is 1.67. The zero-order valence-electron chi connectivity index (χ0n) is 7.43. The van der Waals surface area contributed by atoms with E-state index in [9.17, 15) is 13.2 Å². The van der Waals surface area contributed by atoms with Gasteiger partial charge >= 0.3 is 6.18 Å². The second-order valence-electron chi connectivity index (χ2n) is 2.85. The SMILES string of the molecule is Cc1cc(O)ccc1SCC(F)(F)F. The summed E-state index contributed by atoms with van der Waals surface area (Å²) in [5.41, 5.74) is 0.652. The number of phenolic OH excluding ortho intramolecular Hbond substituents is 1. The zero-order valence-corrected chi connectivity index (χ0v) is 8.25. The van der Waals surface area contributed by atoms with Crippen molar-refractivity contribution in [1.82, 2.24) is 0 Å². The highest BCUT2D eigenvalue weighted by Gasteiger charge is 2.27. The lowest BCUT2D eigenvalue weighted by Gasteiger charge is -2.08. The first-order valence-corrected chi connectivity index (χ1v) is 4.86. The summed E-state index contributed by atoms with van der Waals surface area (Å²) in [7, 11) is 0. The number of phenols is 1. The highest BCUT2D eigenvalue weighted by atomic mass is 32.2. The smallest absolute Gasteiger partial charge is 0.398 e. The van der Waals surface area contributed by atoms with Gasteiger partial charge in [0.1, 0.15) is 5.75 Å². The highest BCUT2D eigenvalue weighted by molar-refractivity contribution is 7.99. The molecule has 0 fully saturated rings. The summed E-state index contributed by atoms with van der Waals surface area (Å²) in [6.07, 6.45) is -4.16. The van der Waals surface area contributed by atoms with Crippen LogP contribution < -0.4 is 0 Å². The largest absolute Gasteiger partial charge is 0.508 e. The van der Waals surface area contributed by atoms with Gasteiger partial charge in [-0.05, 0) is 30.7 Å². The van der Waals surface area contributed by atoms with Crippen molar-refractivity contribution in [1.29, 1.82) is 0 Å². The molecule has 14 heavy (non-hydrogen) atoms. The van der Waals surface area contributed by atoms with Gasteiger partial charge in [0.25, 0.3) is 0 Å².